The number of fused-ring (bicyclic) bond motifs is 3. The number of hydrogen-bond acceptors (Lipinski definition) is 11. The fourth-order valence-electron chi connectivity index (χ4n) is 5.51. The number of methoxy groups -OCH3 is 1. The highest BCUT2D eigenvalue weighted by atomic mass is 16.7. The van der Waals surface area contributed by atoms with E-state index in [4.69, 9.17) is 19.9 Å². The van der Waals surface area contributed by atoms with Crippen molar-refractivity contribution in [3.05, 3.63) is 51.6 Å². The number of carbonyl (C=O) groups excluding carboxylic acids is 3. The number of benzene rings is 2. The van der Waals surface area contributed by atoms with Crippen LogP contribution >= 0.6 is 0 Å². The summed E-state index contributed by atoms with van der Waals surface area (Å²) in [5.41, 5.74) is 2.93. The molecule has 1 saturated heterocycles. The lowest BCUT2D eigenvalue weighted by molar-refractivity contribution is -0.246. The molecule has 1 fully saturated rings. The van der Waals surface area contributed by atoms with Gasteiger partial charge in [-0.2, -0.15) is 0 Å². The second-order valence-electron chi connectivity index (χ2n) is 9.77. The Morgan fingerprint density at radius 3 is 2.49 bits per heavy atom. The number of ketones is 2. The number of phenolic OH excluding ortho intramolecular Hbond substituents is 2. The maximum absolute atomic E-state index is 13.6. The molecule has 6 atom stereocenters. The van der Waals surface area contributed by atoms with Crippen LogP contribution in [0.15, 0.2) is 18.2 Å². The molecule has 6 N–H and O–H groups in total. The zero-order valence-electron chi connectivity index (χ0n) is 20.1. The van der Waals surface area contributed by atoms with E-state index >= 15 is 0 Å². The number of rotatable bonds is 4. The Morgan fingerprint density at radius 1 is 1.14 bits per heavy atom. The van der Waals surface area contributed by atoms with Crippen LogP contribution in [0.1, 0.15) is 68.8 Å². The van der Waals surface area contributed by atoms with Crippen molar-refractivity contribution in [3.8, 4) is 17.2 Å². The highest BCUT2D eigenvalue weighted by Gasteiger charge is 2.47. The average Bonchev–Trinajstić information content (AvgIpc) is 2.87. The van der Waals surface area contributed by atoms with Crippen molar-refractivity contribution in [1.29, 1.82) is 0 Å². The second-order valence-corrected chi connectivity index (χ2v) is 9.77. The molecular weight excluding hydrogens is 486 g/mol. The van der Waals surface area contributed by atoms with Gasteiger partial charge in [0.1, 0.15) is 22.8 Å². The monoisotopic (exact) mass is 513 g/mol. The van der Waals surface area contributed by atoms with Gasteiger partial charge in [-0.1, -0.05) is 12.1 Å². The zero-order chi connectivity index (χ0) is 26.8. The normalized spacial score (nSPS) is 30.8. The summed E-state index contributed by atoms with van der Waals surface area (Å²) >= 11 is 0. The van der Waals surface area contributed by atoms with Crippen LogP contribution in [0.25, 0.3) is 0 Å². The molecule has 196 valence electrons. The van der Waals surface area contributed by atoms with E-state index in [1.54, 1.807) is 6.92 Å². The lowest BCUT2D eigenvalue weighted by Gasteiger charge is -2.41. The number of nitrogens with two attached hydrogens (primary N) is 1. The molecule has 0 saturated carbocycles. The summed E-state index contributed by atoms with van der Waals surface area (Å²) < 4.78 is 17.0. The number of aliphatic hydroxyl groups excluding tert-OH is 1. The maximum atomic E-state index is 13.6. The average molecular weight is 513 g/mol. The Balaban J connectivity index is 1.67. The van der Waals surface area contributed by atoms with Crippen molar-refractivity contribution in [2.45, 2.75) is 62.4 Å². The highest BCUT2D eigenvalue weighted by Crippen LogP contribution is 2.52. The maximum Gasteiger partial charge on any atom is 0.202 e. The van der Waals surface area contributed by atoms with Gasteiger partial charge in [-0.25, -0.2) is 0 Å². The minimum Gasteiger partial charge on any atom is -0.507 e. The van der Waals surface area contributed by atoms with E-state index in [-0.39, 0.29) is 40.8 Å². The van der Waals surface area contributed by atoms with Crippen LogP contribution in [0.5, 0.6) is 17.2 Å². The van der Waals surface area contributed by atoms with Gasteiger partial charge in [0, 0.05) is 42.0 Å². The van der Waals surface area contributed by atoms with Crippen LogP contribution in [-0.2, 0) is 20.7 Å². The Labute approximate surface area is 211 Å². The predicted molar refractivity (Wildman–Crippen MR) is 126 cm³/mol. The van der Waals surface area contributed by atoms with Crippen LogP contribution in [0.2, 0.25) is 0 Å². The van der Waals surface area contributed by atoms with E-state index in [1.165, 1.54) is 25.3 Å². The molecule has 11 nitrogen and oxygen atoms in total. The third-order valence-electron chi connectivity index (χ3n) is 7.39. The molecule has 37 heavy (non-hydrogen) atoms. The molecule has 2 aromatic carbocycles. The lowest BCUT2D eigenvalue weighted by Crippen LogP contribution is -2.52. The summed E-state index contributed by atoms with van der Waals surface area (Å²) in [6.45, 7) is 1.60. The number of aliphatic hydroxyl groups is 2. The molecular formula is C26H27NO10. The van der Waals surface area contributed by atoms with Gasteiger partial charge in [0.25, 0.3) is 0 Å². The van der Waals surface area contributed by atoms with Gasteiger partial charge < -0.3 is 45.2 Å². The molecule has 2 aromatic rings. The number of aromatic hydroxyl groups is 2. The van der Waals surface area contributed by atoms with Crippen LogP contribution in [0, 0.1) is 0 Å². The topological polar surface area (TPSA) is 186 Å². The minimum atomic E-state index is -2.00. The molecule has 1 aliphatic heterocycles. The zero-order valence-corrected chi connectivity index (χ0v) is 20.1. The smallest absolute Gasteiger partial charge is 0.202 e. The Hall–Kier alpha value is -3.35. The van der Waals surface area contributed by atoms with E-state index in [0.29, 0.717) is 6.29 Å². The van der Waals surface area contributed by atoms with Gasteiger partial charge in [0.15, 0.2) is 18.4 Å². The van der Waals surface area contributed by atoms with E-state index < -0.39 is 76.9 Å². The molecule has 11 heteroatoms. The molecule has 0 bridgehead atoms. The molecule has 5 rings (SSSR count). The summed E-state index contributed by atoms with van der Waals surface area (Å²) in [7, 11) is 1.34. The van der Waals surface area contributed by atoms with Crippen molar-refractivity contribution >= 4 is 17.9 Å². The molecule has 1 heterocycles. The second kappa shape index (κ2) is 8.89. The van der Waals surface area contributed by atoms with Crippen molar-refractivity contribution in [3.63, 3.8) is 0 Å². The van der Waals surface area contributed by atoms with E-state index in [2.05, 4.69) is 0 Å². The van der Waals surface area contributed by atoms with Crippen LogP contribution < -0.4 is 10.5 Å². The number of carbonyl (C=O) groups is 3. The quantitative estimate of drug-likeness (QED) is 0.243. The van der Waals surface area contributed by atoms with Gasteiger partial charge in [0.05, 0.1) is 42.1 Å². The Bertz CT molecular complexity index is 1310. The van der Waals surface area contributed by atoms with E-state index in [1.807, 2.05) is 0 Å². The molecule has 2 aliphatic carbocycles. The third kappa shape index (κ3) is 3.82. The highest BCUT2D eigenvalue weighted by molar-refractivity contribution is 6.31. The first-order valence-corrected chi connectivity index (χ1v) is 11.8. The van der Waals surface area contributed by atoms with Crippen LogP contribution in [-0.4, -0.2) is 75.5 Å². The molecule has 0 spiro atoms. The first-order chi connectivity index (χ1) is 17.5. The fourth-order valence-corrected chi connectivity index (χ4v) is 5.51. The summed E-state index contributed by atoms with van der Waals surface area (Å²) in [4.78, 5) is 38.8. The predicted octanol–water partition coefficient (Wildman–Crippen LogP) is 0.639. The lowest BCUT2D eigenvalue weighted by atomic mass is 9.73. The summed E-state index contributed by atoms with van der Waals surface area (Å²) in [5.74, 6) is -2.57. The summed E-state index contributed by atoms with van der Waals surface area (Å²) in [6.07, 6.45) is -4.23. The fraction of sp³-hybridized carbons (Fsp3) is 0.423. The van der Waals surface area contributed by atoms with E-state index in [0.717, 1.165) is 0 Å². The Morgan fingerprint density at radius 2 is 1.84 bits per heavy atom. The first kappa shape index (κ1) is 25.3. The van der Waals surface area contributed by atoms with Crippen molar-refractivity contribution in [1.82, 2.24) is 0 Å². The number of aldehydes is 1. The summed E-state index contributed by atoms with van der Waals surface area (Å²) in [6, 6.07) is 3.74. The van der Waals surface area contributed by atoms with Crippen molar-refractivity contribution in [2.24, 2.45) is 5.73 Å². The molecule has 0 radical (unpaired) electrons. The minimum absolute atomic E-state index is 0.0158. The number of ether oxygens (including phenoxy) is 3. The first-order valence-electron chi connectivity index (χ1n) is 11.8. The number of hydrogen-bond donors (Lipinski definition) is 5. The van der Waals surface area contributed by atoms with Gasteiger partial charge in [-0.05, 0) is 13.0 Å². The SMILES string of the molecule is COc1cccc2c1C(=O)c1c(O)c3c(c(O)c1C2=O)C[C@@](O)(C=O)C[C@@H]3OC1CC(N)C(O)C(C)O1. The van der Waals surface area contributed by atoms with Crippen LogP contribution in [0.3, 0.4) is 0 Å². The van der Waals surface area contributed by atoms with Gasteiger partial charge >= 0.3 is 0 Å². The van der Waals surface area contributed by atoms with Crippen LogP contribution in [0.4, 0.5) is 0 Å². The number of phenols is 2. The van der Waals surface area contributed by atoms with E-state index in [9.17, 15) is 34.8 Å². The summed E-state index contributed by atoms with van der Waals surface area (Å²) in [5, 5.41) is 43.6. The van der Waals surface area contributed by atoms with Gasteiger partial charge in [0.2, 0.25) is 5.78 Å². The molecule has 4 unspecified atom stereocenters. The molecule has 3 aliphatic rings. The standard InChI is InChI=1S/C26H27NO10/c1-10-21(29)13(27)6-16(36-10)37-15-8-26(34,9-28)7-12-18(15)25(33)20-19(23(12)31)22(30)11-4-3-5-14(35-2)17(11)24(20)32/h3-5,9-10,13,15-16,21,29,31,33-34H,6-8,27H2,1-2H3/t10?,13?,15-,16?,21?,26-/m0/s1. The van der Waals surface area contributed by atoms with Gasteiger partial charge in [-0.3, -0.25) is 9.59 Å². The van der Waals surface area contributed by atoms with Gasteiger partial charge in [-0.15, -0.1) is 0 Å². The Kier molecular flexibility index (Phi) is 6.08. The van der Waals surface area contributed by atoms with Crippen molar-refractivity contribution in [2.75, 3.05) is 7.11 Å². The molecule has 0 aromatic heterocycles. The molecule has 0 amide bonds. The largest absolute Gasteiger partial charge is 0.507 e. The third-order valence-corrected chi connectivity index (χ3v) is 7.39. The van der Waals surface area contributed by atoms with Crippen molar-refractivity contribution < 1.29 is 49.0 Å².